The molecular weight excluding hydrogens is 356 g/mol. The first-order chi connectivity index (χ1) is 10.8. The van der Waals surface area contributed by atoms with Gasteiger partial charge < -0.3 is 19.5 Å². The van der Waals surface area contributed by atoms with Gasteiger partial charge in [0.25, 0.3) is 5.92 Å². The van der Waals surface area contributed by atoms with E-state index in [4.69, 9.17) is 4.74 Å². The number of ether oxygens (including phenoxy) is 3. The van der Waals surface area contributed by atoms with Gasteiger partial charge in [0.2, 0.25) is 0 Å². The van der Waals surface area contributed by atoms with Crippen LogP contribution in [0.5, 0.6) is 0 Å². The van der Waals surface area contributed by atoms with Crippen molar-refractivity contribution in [3.8, 4) is 0 Å². The molecule has 0 aromatic rings. The zero-order valence-electron chi connectivity index (χ0n) is 15.3. The van der Waals surface area contributed by atoms with Gasteiger partial charge in [0, 0.05) is 5.54 Å². The van der Waals surface area contributed by atoms with Crippen molar-refractivity contribution in [2.45, 2.75) is 70.8 Å². The lowest BCUT2D eigenvalue weighted by Gasteiger charge is -2.27. The predicted molar refractivity (Wildman–Crippen MR) is 80.2 cm³/mol. The summed E-state index contributed by atoms with van der Waals surface area (Å²) in [5.74, 6) is -3.70. The molecular formula is C15H27F6NO3. The third kappa shape index (κ3) is 14.3. The van der Waals surface area contributed by atoms with Crippen molar-refractivity contribution in [3.63, 3.8) is 0 Å². The standard InChI is InChI=1S/C15H27F6NO3/c1-11(2,3)22-7-14(18,19)25-10-15(20,21)24-9-13(16,17)8-23-12(4,5)6/h22H,7-10H2,1-6H3. The molecule has 0 heterocycles. The normalized spacial score (nSPS) is 14.9. The average molecular weight is 383 g/mol. The zero-order valence-corrected chi connectivity index (χ0v) is 15.3. The fourth-order valence-electron chi connectivity index (χ4n) is 1.23. The number of alkyl halides is 6. The van der Waals surface area contributed by atoms with Gasteiger partial charge in [-0.1, -0.05) is 0 Å². The van der Waals surface area contributed by atoms with Gasteiger partial charge in [-0.3, -0.25) is 0 Å². The Morgan fingerprint density at radius 3 is 1.52 bits per heavy atom. The highest BCUT2D eigenvalue weighted by molar-refractivity contribution is 4.73. The Bertz CT molecular complexity index is 369. The summed E-state index contributed by atoms with van der Waals surface area (Å²) in [6.07, 6.45) is -8.20. The maximum absolute atomic E-state index is 13.4. The minimum Gasteiger partial charge on any atom is -0.370 e. The Morgan fingerprint density at radius 1 is 0.640 bits per heavy atom. The minimum atomic E-state index is -4.30. The lowest BCUT2D eigenvalue weighted by molar-refractivity contribution is -0.333. The van der Waals surface area contributed by atoms with Crippen LogP contribution in [-0.2, 0) is 14.2 Å². The summed E-state index contributed by atoms with van der Waals surface area (Å²) in [6, 6.07) is 0. The molecule has 0 spiro atoms. The van der Waals surface area contributed by atoms with Crippen LogP contribution in [0.1, 0.15) is 41.5 Å². The van der Waals surface area contributed by atoms with Crippen LogP contribution >= 0.6 is 0 Å². The molecule has 25 heavy (non-hydrogen) atoms. The molecule has 0 amide bonds. The van der Waals surface area contributed by atoms with Gasteiger partial charge >= 0.3 is 12.2 Å². The molecule has 152 valence electrons. The second-order valence-corrected chi connectivity index (χ2v) is 7.71. The van der Waals surface area contributed by atoms with E-state index in [1.807, 2.05) is 0 Å². The molecule has 0 fully saturated rings. The molecule has 4 nitrogen and oxygen atoms in total. The van der Waals surface area contributed by atoms with Gasteiger partial charge in [0.1, 0.15) is 19.8 Å². The molecule has 0 saturated heterocycles. The van der Waals surface area contributed by atoms with Gasteiger partial charge in [0.05, 0.1) is 12.1 Å². The maximum Gasteiger partial charge on any atom is 0.379 e. The highest BCUT2D eigenvalue weighted by atomic mass is 19.3. The number of hydrogen-bond donors (Lipinski definition) is 1. The molecule has 0 rings (SSSR count). The van der Waals surface area contributed by atoms with Crippen molar-refractivity contribution in [2.75, 3.05) is 26.4 Å². The Labute approximate surface area is 144 Å². The Balaban J connectivity index is 4.39. The van der Waals surface area contributed by atoms with Gasteiger partial charge in [-0.25, -0.2) is 8.78 Å². The first kappa shape index (κ1) is 24.4. The average Bonchev–Trinajstić information content (AvgIpc) is 2.39. The van der Waals surface area contributed by atoms with Crippen molar-refractivity contribution < 1.29 is 40.6 Å². The monoisotopic (exact) mass is 383 g/mol. The summed E-state index contributed by atoms with van der Waals surface area (Å²) in [5.41, 5.74) is -1.57. The van der Waals surface area contributed by atoms with Crippen LogP contribution < -0.4 is 5.32 Å². The molecule has 0 aromatic carbocycles. The van der Waals surface area contributed by atoms with E-state index in [1.54, 1.807) is 20.8 Å². The van der Waals surface area contributed by atoms with Crippen molar-refractivity contribution in [1.82, 2.24) is 5.32 Å². The second kappa shape index (κ2) is 8.41. The molecule has 1 N–H and O–H groups in total. The third-order valence-corrected chi connectivity index (χ3v) is 2.49. The van der Waals surface area contributed by atoms with E-state index in [0.717, 1.165) is 0 Å². The largest absolute Gasteiger partial charge is 0.379 e. The van der Waals surface area contributed by atoms with Crippen LogP contribution in [0.15, 0.2) is 0 Å². The highest BCUT2D eigenvalue weighted by Crippen LogP contribution is 2.26. The Kier molecular flexibility index (Phi) is 8.21. The minimum absolute atomic E-state index is 0.680. The van der Waals surface area contributed by atoms with E-state index in [1.165, 1.54) is 20.8 Å². The van der Waals surface area contributed by atoms with Gasteiger partial charge in [-0.2, -0.15) is 17.6 Å². The van der Waals surface area contributed by atoms with Crippen LogP contribution in [-0.4, -0.2) is 55.6 Å². The molecule has 0 aliphatic carbocycles. The Morgan fingerprint density at radius 2 is 1.08 bits per heavy atom. The molecule has 0 unspecified atom stereocenters. The van der Waals surface area contributed by atoms with Crippen molar-refractivity contribution >= 4 is 0 Å². The van der Waals surface area contributed by atoms with E-state index in [2.05, 4.69) is 14.8 Å². The summed E-state index contributed by atoms with van der Waals surface area (Å²) in [5, 5.41) is 2.39. The van der Waals surface area contributed by atoms with Gasteiger partial charge in [-0.05, 0) is 41.5 Å². The zero-order chi connectivity index (χ0) is 20.2. The fraction of sp³-hybridized carbons (Fsp3) is 1.00. The van der Waals surface area contributed by atoms with E-state index in [0.29, 0.717) is 0 Å². The molecule has 0 radical (unpaired) electrons. The maximum atomic E-state index is 13.4. The first-order valence-corrected chi connectivity index (χ1v) is 7.63. The van der Waals surface area contributed by atoms with Crippen molar-refractivity contribution in [2.24, 2.45) is 0 Å². The first-order valence-electron chi connectivity index (χ1n) is 7.63. The van der Waals surface area contributed by atoms with Gasteiger partial charge in [-0.15, -0.1) is 0 Å². The number of halogens is 6. The van der Waals surface area contributed by atoms with E-state index < -0.39 is 55.6 Å². The molecule has 0 aromatic heterocycles. The number of rotatable bonds is 10. The molecule has 0 aliphatic heterocycles. The summed E-state index contributed by atoms with van der Waals surface area (Å²) in [7, 11) is 0. The highest BCUT2D eigenvalue weighted by Gasteiger charge is 2.42. The molecule has 0 aliphatic rings. The summed E-state index contributed by atoms with van der Waals surface area (Å²) in [4.78, 5) is 0. The third-order valence-electron chi connectivity index (χ3n) is 2.49. The van der Waals surface area contributed by atoms with Crippen molar-refractivity contribution in [1.29, 1.82) is 0 Å². The Hall–Kier alpha value is -0.580. The summed E-state index contributed by atoms with van der Waals surface area (Å²) < 4.78 is 92.7. The second-order valence-electron chi connectivity index (χ2n) is 7.71. The number of nitrogens with one attached hydrogen (secondary N) is 1. The van der Waals surface area contributed by atoms with E-state index in [9.17, 15) is 26.3 Å². The van der Waals surface area contributed by atoms with E-state index >= 15 is 0 Å². The quantitative estimate of drug-likeness (QED) is 0.578. The summed E-state index contributed by atoms with van der Waals surface area (Å²) >= 11 is 0. The number of hydrogen-bond acceptors (Lipinski definition) is 4. The lowest BCUT2D eigenvalue weighted by atomic mass is 10.1. The van der Waals surface area contributed by atoms with Crippen LogP contribution in [0.25, 0.3) is 0 Å². The van der Waals surface area contributed by atoms with Crippen LogP contribution in [0.2, 0.25) is 0 Å². The lowest BCUT2D eigenvalue weighted by Crippen LogP contribution is -2.46. The molecule has 10 heteroatoms. The van der Waals surface area contributed by atoms with Crippen LogP contribution in [0, 0.1) is 0 Å². The topological polar surface area (TPSA) is 39.7 Å². The van der Waals surface area contributed by atoms with E-state index in [-0.39, 0.29) is 0 Å². The molecule has 0 atom stereocenters. The summed E-state index contributed by atoms with van der Waals surface area (Å²) in [6.45, 7) is 3.64. The van der Waals surface area contributed by atoms with Gasteiger partial charge in [0.15, 0.2) is 0 Å². The van der Waals surface area contributed by atoms with Crippen LogP contribution in [0.4, 0.5) is 26.3 Å². The fourth-order valence-corrected chi connectivity index (χ4v) is 1.23. The SMILES string of the molecule is CC(C)(C)NCC(F)(F)OCC(F)(F)OCC(F)(F)COC(C)(C)C. The smallest absolute Gasteiger partial charge is 0.370 e. The van der Waals surface area contributed by atoms with Crippen molar-refractivity contribution in [3.05, 3.63) is 0 Å². The molecule has 0 bridgehead atoms. The molecule has 0 saturated carbocycles. The predicted octanol–water partition coefficient (Wildman–Crippen LogP) is 4.04. The van der Waals surface area contributed by atoms with Crippen LogP contribution in [0.3, 0.4) is 0 Å².